The second-order valence-electron chi connectivity index (χ2n) is 7.74. The van der Waals surface area contributed by atoms with Crippen LogP contribution in [0, 0.1) is 5.82 Å². The summed E-state index contributed by atoms with van der Waals surface area (Å²) in [7, 11) is 0. The largest absolute Gasteiger partial charge is 0.415 e. The van der Waals surface area contributed by atoms with E-state index in [1.54, 1.807) is 17.5 Å². The number of nitrogens with zero attached hydrogens (tertiary/aromatic N) is 6. The second-order valence-corrected chi connectivity index (χ2v) is 8.91. The quantitative estimate of drug-likeness (QED) is 0.358. The maximum absolute atomic E-state index is 14.6. The van der Waals surface area contributed by atoms with Gasteiger partial charge in [0, 0.05) is 35.6 Å². The number of halogens is 4. The van der Waals surface area contributed by atoms with Crippen molar-refractivity contribution in [3.05, 3.63) is 58.7 Å². The van der Waals surface area contributed by atoms with Crippen LogP contribution in [0.5, 0.6) is 0 Å². The fraction of sp³-hybridized carbons (Fsp3) is 0.333. The zero-order valence-electron chi connectivity index (χ0n) is 17.2. The minimum Gasteiger partial charge on any atom is -0.415 e. The highest BCUT2D eigenvalue weighted by atomic mass is 32.1. The van der Waals surface area contributed by atoms with Gasteiger partial charge in [-0.25, -0.2) is 13.5 Å². The van der Waals surface area contributed by atoms with E-state index in [-0.39, 0.29) is 18.0 Å². The topological polar surface area (TPSA) is 72.9 Å². The zero-order chi connectivity index (χ0) is 22.9. The molecule has 1 aliphatic rings. The van der Waals surface area contributed by atoms with Crippen molar-refractivity contribution in [2.45, 2.75) is 32.1 Å². The predicted octanol–water partition coefficient (Wildman–Crippen LogP) is 4.73. The number of hydrogen-bond donors (Lipinski definition) is 0. The minimum absolute atomic E-state index is 0.134. The van der Waals surface area contributed by atoms with Gasteiger partial charge >= 0.3 is 6.43 Å². The van der Waals surface area contributed by atoms with Crippen LogP contribution >= 0.6 is 11.3 Å². The van der Waals surface area contributed by atoms with Crippen LogP contribution in [0.25, 0.3) is 22.0 Å². The molecular formula is C21H18F4N6OS. The highest BCUT2D eigenvalue weighted by Crippen LogP contribution is 2.29. The fourth-order valence-electron chi connectivity index (χ4n) is 3.66. The third-order valence-electron chi connectivity index (χ3n) is 5.31. The van der Waals surface area contributed by atoms with E-state index in [2.05, 4.69) is 25.4 Å². The van der Waals surface area contributed by atoms with Crippen LogP contribution < -0.4 is 0 Å². The Morgan fingerprint density at radius 3 is 2.73 bits per heavy atom. The van der Waals surface area contributed by atoms with Crippen molar-refractivity contribution in [2.75, 3.05) is 13.1 Å². The normalized spacial score (nSPS) is 16.8. The van der Waals surface area contributed by atoms with Gasteiger partial charge in [0.25, 0.3) is 5.89 Å². The summed E-state index contributed by atoms with van der Waals surface area (Å²) in [5.74, 6) is -1.55. The Balaban J connectivity index is 1.26. The Bertz CT molecular complexity index is 1260. The third-order valence-corrected chi connectivity index (χ3v) is 6.40. The smallest absolute Gasteiger partial charge is 0.314 e. The number of likely N-dealkylation sites (tertiary alicyclic amines) is 1. The van der Waals surface area contributed by atoms with Crippen LogP contribution in [0.4, 0.5) is 17.6 Å². The molecule has 4 aromatic rings. The van der Waals surface area contributed by atoms with Gasteiger partial charge in [-0.05, 0) is 30.7 Å². The summed E-state index contributed by atoms with van der Waals surface area (Å²) >= 11 is 1.57. The molecule has 5 rings (SSSR count). The fourth-order valence-corrected chi connectivity index (χ4v) is 4.66. The van der Waals surface area contributed by atoms with Crippen LogP contribution in [0.1, 0.15) is 29.2 Å². The maximum Gasteiger partial charge on any atom is 0.314 e. The van der Waals surface area contributed by atoms with Crippen LogP contribution in [-0.4, -0.2) is 49.4 Å². The standard InChI is InChI=1S/C21H18F4N6OS/c22-14-5-6-30(9-14)10-15-3-4-18(33-15)17-11-31(29-26-17)8-13-2-1-12(7-16(13)23)20-27-28-21(32-20)19(24)25/h1-4,7,11,14,19H,5-6,8-10H2/t14-/m0/s1. The molecule has 1 aliphatic heterocycles. The lowest BCUT2D eigenvalue weighted by molar-refractivity contribution is 0.116. The molecule has 0 radical (unpaired) electrons. The van der Waals surface area contributed by atoms with Crippen LogP contribution in [0.3, 0.4) is 0 Å². The number of rotatable bonds is 7. The van der Waals surface area contributed by atoms with E-state index in [4.69, 9.17) is 4.42 Å². The molecule has 0 unspecified atom stereocenters. The van der Waals surface area contributed by atoms with Crippen molar-refractivity contribution < 1.29 is 22.0 Å². The first kappa shape index (κ1) is 21.7. The molecule has 12 heteroatoms. The molecule has 1 aromatic carbocycles. The summed E-state index contributed by atoms with van der Waals surface area (Å²) in [5.41, 5.74) is 1.21. The molecule has 0 saturated carbocycles. The van der Waals surface area contributed by atoms with Crippen LogP contribution in [-0.2, 0) is 13.1 Å². The number of aromatic nitrogens is 5. The molecule has 0 spiro atoms. The van der Waals surface area contributed by atoms with Gasteiger partial charge in [0.15, 0.2) is 0 Å². The highest BCUT2D eigenvalue weighted by Gasteiger charge is 2.22. The number of thiophene rings is 1. The lowest BCUT2D eigenvalue weighted by Crippen LogP contribution is -2.19. The van der Waals surface area contributed by atoms with E-state index in [1.807, 2.05) is 12.1 Å². The molecule has 1 saturated heterocycles. The number of hydrogen-bond acceptors (Lipinski definition) is 7. The lowest BCUT2D eigenvalue weighted by Gasteiger charge is -2.12. The van der Waals surface area contributed by atoms with Gasteiger partial charge in [0.1, 0.15) is 17.7 Å². The van der Waals surface area contributed by atoms with Gasteiger partial charge in [-0.1, -0.05) is 11.3 Å². The first-order valence-corrected chi connectivity index (χ1v) is 11.0. The van der Waals surface area contributed by atoms with Crippen molar-refractivity contribution in [3.63, 3.8) is 0 Å². The zero-order valence-corrected chi connectivity index (χ0v) is 18.0. The molecule has 3 aromatic heterocycles. The summed E-state index contributed by atoms with van der Waals surface area (Å²) in [5, 5.41) is 15.0. The van der Waals surface area contributed by atoms with E-state index in [0.717, 1.165) is 22.4 Å². The molecule has 33 heavy (non-hydrogen) atoms. The van der Waals surface area contributed by atoms with Crippen molar-refractivity contribution in [3.8, 4) is 22.0 Å². The molecule has 7 nitrogen and oxygen atoms in total. The Kier molecular flexibility index (Phi) is 5.94. The van der Waals surface area contributed by atoms with E-state index in [0.29, 0.717) is 30.8 Å². The Morgan fingerprint density at radius 1 is 1.12 bits per heavy atom. The molecule has 0 N–H and O–H groups in total. The lowest BCUT2D eigenvalue weighted by atomic mass is 10.1. The highest BCUT2D eigenvalue weighted by molar-refractivity contribution is 7.15. The Labute approximate surface area is 189 Å². The molecule has 0 bridgehead atoms. The molecule has 172 valence electrons. The van der Waals surface area contributed by atoms with Crippen molar-refractivity contribution in [1.82, 2.24) is 30.1 Å². The molecule has 0 aliphatic carbocycles. The monoisotopic (exact) mass is 478 g/mol. The predicted molar refractivity (Wildman–Crippen MR) is 112 cm³/mol. The van der Waals surface area contributed by atoms with Gasteiger partial charge in [-0.2, -0.15) is 8.78 Å². The second kappa shape index (κ2) is 9.02. The van der Waals surface area contributed by atoms with E-state index < -0.39 is 24.3 Å². The van der Waals surface area contributed by atoms with Gasteiger partial charge in [0.2, 0.25) is 5.89 Å². The first-order chi connectivity index (χ1) is 15.9. The third kappa shape index (κ3) is 4.81. The number of alkyl halides is 3. The summed E-state index contributed by atoms with van der Waals surface area (Å²) < 4.78 is 59.6. The number of benzene rings is 1. The SMILES string of the molecule is Fc1cc(-c2nnc(C(F)F)o2)ccc1Cn1cc(-c2ccc(CN3CC[C@H](F)C3)s2)nn1. The molecule has 4 heterocycles. The molecular weight excluding hydrogens is 460 g/mol. The van der Waals surface area contributed by atoms with E-state index in [1.165, 1.54) is 16.8 Å². The molecule has 1 fully saturated rings. The van der Waals surface area contributed by atoms with Gasteiger partial charge in [-0.3, -0.25) is 4.90 Å². The van der Waals surface area contributed by atoms with Crippen molar-refractivity contribution in [2.24, 2.45) is 0 Å². The van der Waals surface area contributed by atoms with Gasteiger partial charge < -0.3 is 4.42 Å². The molecule has 1 atom stereocenters. The van der Waals surface area contributed by atoms with Gasteiger partial charge in [0.05, 0.1) is 17.6 Å². The van der Waals surface area contributed by atoms with E-state index >= 15 is 0 Å². The summed E-state index contributed by atoms with van der Waals surface area (Å²) in [6.45, 7) is 2.06. The Morgan fingerprint density at radius 2 is 2.00 bits per heavy atom. The average Bonchev–Trinajstić information content (AvgIpc) is 3.57. The van der Waals surface area contributed by atoms with Crippen molar-refractivity contribution >= 4 is 11.3 Å². The van der Waals surface area contributed by atoms with Crippen LogP contribution in [0.15, 0.2) is 40.9 Å². The average molecular weight is 478 g/mol. The maximum atomic E-state index is 14.6. The van der Waals surface area contributed by atoms with Gasteiger partial charge in [-0.15, -0.1) is 26.6 Å². The Hall–Kier alpha value is -3.12. The van der Waals surface area contributed by atoms with Crippen LogP contribution in [0.2, 0.25) is 0 Å². The van der Waals surface area contributed by atoms with E-state index in [9.17, 15) is 17.6 Å². The minimum atomic E-state index is -2.89. The molecule has 0 amide bonds. The summed E-state index contributed by atoms with van der Waals surface area (Å²) in [4.78, 5) is 4.13. The summed E-state index contributed by atoms with van der Waals surface area (Å²) in [6, 6.07) is 8.13. The van der Waals surface area contributed by atoms with Crippen molar-refractivity contribution in [1.29, 1.82) is 0 Å². The summed E-state index contributed by atoms with van der Waals surface area (Å²) in [6.07, 6.45) is -1.33. The first-order valence-electron chi connectivity index (χ1n) is 10.2.